The molecule has 0 unspecified atom stereocenters. The Bertz CT molecular complexity index is 473. The minimum atomic E-state index is -0.575. The lowest BCUT2D eigenvalue weighted by Gasteiger charge is -2.02. The maximum atomic E-state index is 12.9. The molecule has 3 nitrogen and oxygen atoms in total. The van der Waals surface area contributed by atoms with E-state index in [1.807, 2.05) is 0 Å². The van der Waals surface area contributed by atoms with Crippen molar-refractivity contribution in [3.8, 4) is 0 Å². The molecule has 16 heavy (non-hydrogen) atoms. The zero-order valence-corrected chi connectivity index (χ0v) is 8.53. The molecule has 0 fully saturated rings. The summed E-state index contributed by atoms with van der Waals surface area (Å²) in [6.45, 7) is 0.728. The van der Waals surface area contributed by atoms with Gasteiger partial charge < -0.3 is 10.3 Å². The van der Waals surface area contributed by atoms with Crippen LogP contribution in [-0.2, 0) is 13.1 Å². The van der Waals surface area contributed by atoms with Gasteiger partial charge in [-0.15, -0.1) is 0 Å². The molecule has 0 saturated carbocycles. The van der Waals surface area contributed by atoms with E-state index >= 15 is 0 Å². The molecular formula is C11H11F2N3. The van der Waals surface area contributed by atoms with Gasteiger partial charge in [0.25, 0.3) is 0 Å². The van der Waals surface area contributed by atoms with Crippen LogP contribution in [0, 0.1) is 11.6 Å². The van der Waals surface area contributed by atoms with Crippen LogP contribution in [0.4, 0.5) is 8.78 Å². The summed E-state index contributed by atoms with van der Waals surface area (Å²) in [5.41, 5.74) is 6.71. The van der Waals surface area contributed by atoms with Crippen LogP contribution in [0.15, 0.2) is 30.7 Å². The molecule has 0 saturated heterocycles. The minimum Gasteiger partial charge on any atom is -0.333 e. The fourth-order valence-electron chi connectivity index (χ4n) is 1.51. The van der Waals surface area contributed by atoms with E-state index in [9.17, 15) is 8.78 Å². The average molecular weight is 223 g/mol. The minimum absolute atomic E-state index is 0.352. The zero-order chi connectivity index (χ0) is 11.5. The van der Waals surface area contributed by atoms with Gasteiger partial charge in [0.1, 0.15) is 11.6 Å². The summed E-state index contributed by atoms with van der Waals surface area (Å²) in [5, 5.41) is 0. The highest BCUT2D eigenvalue weighted by molar-refractivity contribution is 5.18. The third-order valence-electron chi connectivity index (χ3n) is 2.18. The highest BCUT2D eigenvalue weighted by atomic mass is 19.1. The first-order valence-electron chi connectivity index (χ1n) is 4.83. The van der Waals surface area contributed by atoms with Gasteiger partial charge in [0.2, 0.25) is 0 Å². The molecule has 0 aliphatic carbocycles. The summed E-state index contributed by atoms with van der Waals surface area (Å²) in [7, 11) is 0. The van der Waals surface area contributed by atoms with E-state index in [4.69, 9.17) is 5.73 Å². The second-order valence-electron chi connectivity index (χ2n) is 3.52. The Kier molecular flexibility index (Phi) is 2.96. The number of nitrogens with zero attached hydrogens (tertiary/aromatic N) is 2. The fourth-order valence-corrected chi connectivity index (χ4v) is 1.51. The van der Waals surface area contributed by atoms with Gasteiger partial charge in [0.15, 0.2) is 0 Å². The van der Waals surface area contributed by atoms with Crippen molar-refractivity contribution in [2.45, 2.75) is 13.1 Å². The summed E-state index contributed by atoms with van der Waals surface area (Å²) in [6, 6.07) is 3.44. The van der Waals surface area contributed by atoms with Crippen LogP contribution in [0.2, 0.25) is 0 Å². The number of halogens is 2. The van der Waals surface area contributed by atoms with E-state index in [1.54, 1.807) is 17.1 Å². The Balaban J connectivity index is 2.19. The number of aromatic nitrogens is 2. The molecule has 2 N–H and O–H groups in total. The Morgan fingerprint density at radius 3 is 2.44 bits per heavy atom. The van der Waals surface area contributed by atoms with Crippen molar-refractivity contribution in [2.75, 3.05) is 0 Å². The fraction of sp³-hybridized carbons (Fsp3) is 0.182. The van der Waals surface area contributed by atoms with E-state index in [2.05, 4.69) is 4.98 Å². The van der Waals surface area contributed by atoms with Crippen LogP contribution in [-0.4, -0.2) is 9.55 Å². The lowest BCUT2D eigenvalue weighted by atomic mass is 10.2. The Morgan fingerprint density at radius 1 is 1.19 bits per heavy atom. The maximum Gasteiger partial charge on any atom is 0.126 e. The summed E-state index contributed by atoms with van der Waals surface area (Å²) >= 11 is 0. The highest BCUT2D eigenvalue weighted by Gasteiger charge is 2.02. The number of nitrogens with two attached hydrogens (primary N) is 1. The predicted octanol–water partition coefficient (Wildman–Crippen LogP) is 1.67. The number of imidazole rings is 1. The average Bonchev–Trinajstić information content (AvgIpc) is 2.64. The second-order valence-corrected chi connectivity index (χ2v) is 3.52. The number of rotatable bonds is 3. The van der Waals surface area contributed by atoms with Gasteiger partial charge >= 0.3 is 0 Å². The van der Waals surface area contributed by atoms with Crippen LogP contribution in [0.25, 0.3) is 0 Å². The zero-order valence-electron chi connectivity index (χ0n) is 8.53. The lowest BCUT2D eigenvalue weighted by Crippen LogP contribution is -1.99. The topological polar surface area (TPSA) is 43.8 Å². The van der Waals surface area contributed by atoms with Gasteiger partial charge in [-0.05, 0) is 17.7 Å². The monoisotopic (exact) mass is 223 g/mol. The molecule has 2 aromatic rings. The lowest BCUT2D eigenvalue weighted by molar-refractivity contribution is 0.577. The first kappa shape index (κ1) is 10.8. The molecule has 0 radical (unpaired) electrons. The van der Waals surface area contributed by atoms with Crippen LogP contribution < -0.4 is 5.73 Å². The molecule has 0 amide bonds. The van der Waals surface area contributed by atoms with Gasteiger partial charge in [0.05, 0.1) is 12.0 Å². The molecule has 5 heteroatoms. The van der Waals surface area contributed by atoms with Gasteiger partial charge in [-0.2, -0.15) is 0 Å². The van der Waals surface area contributed by atoms with Gasteiger partial charge in [-0.25, -0.2) is 13.8 Å². The number of hydrogen-bond donors (Lipinski definition) is 1. The Morgan fingerprint density at radius 2 is 1.88 bits per heavy atom. The summed E-state index contributed by atoms with van der Waals surface area (Å²) in [4.78, 5) is 4.03. The number of hydrogen-bond acceptors (Lipinski definition) is 2. The van der Waals surface area contributed by atoms with Crippen molar-refractivity contribution in [2.24, 2.45) is 5.73 Å². The van der Waals surface area contributed by atoms with Crippen molar-refractivity contribution in [3.63, 3.8) is 0 Å². The second kappa shape index (κ2) is 4.40. The number of benzene rings is 1. The van der Waals surface area contributed by atoms with Crippen molar-refractivity contribution in [1.82, 2.24) is 9.55 Å². The molecule has 2 rings (SSSR count). The third-order valence-corrected chi connectivity index (χ3v) is 2.18. The van der Waals surface area contributed by atoms with Gasteiger partial charge in [0, 0.05) is 25.4 Å². The van der Waals surface area contributed by atoms with Crippen LogP contribution in [0.5, 0.6) is 0 Å². The molecule has 84 valence electrons. The van der Waals surface area contributed by atoms with E-state index < -0.39 is 11.6 Å². The molecule has 0 bridgehead atoms. The normalized spacial score (nSPS) is 10.7. The van der Waals surface area contributed by atoms with Gasteiger partial charge in [-0.3, -0.25) is 0 Å². The van der Waals surface area contributed by atoms with Gasteiger partial charge in [-0.1, -0.05) is 0 Å². The third kappa shape index (κ3) is 2.43. The van der Waals surface area contributed by atoms with Crippen molar-refractivity contribution in [1.29, 1.82) is 0 Å². The van der Waals surface area contributed by atoms with Crippen molar-refractivity contribution < 1.29 is 8.78 Å². The maximum absolute atomic E-state index is 12.9. The molecule has 1 heterocycles. The molecule has 0 atom stereocenters. The smallest absolute Gasteiger partial charge is 0.126 e. The van der Waals surface area contributed by atoms with E-state index in [1.165, 1.54) is 12.1 Å². The quantitative estimate of drug-likeness (QED) is 0.860. The Hall–Kier alpha value is -1.75. The van der Waals surface area contributed by atoms with Crippen LogP contribution >= 0.6 is 0 Å². The first-order chi connectivity index (χ1) is 7.67. The van der Waals surface area contributed by atoms with Crippen LogP contribution in [0.1, 0.15) is 11.3 Å². The summed E-state index contributed by atoms with van der Waals surface area (Å²) in [5.74, 6) is -1.15. The van der Waals surface area contributed by atoms with Crippen molar-refractivity contribution in [3.05, 3.63) is 53.6 Å². The molecular weight excluding hydrogens is 212 g/mol. The van der Waals surface area contributed by atoms with E-state index in [0.717, 1.165) is 11.8 Å². The summed E-state index contributed by atoms with van der Waals surface area (Å²) in [6.07, 6.45) is 3.34. The van der Waals surface area contributed by atoms with Crippen molar-refractivity contribution >= 4 is 0 Å². The molecule has 0 aliphatic heterocycles. The van der Waals surface area contributed by atoms with Crippen LogP contribution in [0.3, 0.4) is 0 Å². The SMILES string of the molecule is NCc1cn(Cc2cc(F)cc(F)c2)cn1. The molecule has 1 aromatic heterocycles. The first-order valence-corrected chi connectivity index (χ1v) is 4.83. The Labute approximate surface area is 91.5 Å². The van der Waals surface area contributed by atoms with E-state index in [0.29, 0.717) is 18.7 Å². The van der Waals surface area contributed by atoms with E-state index in [-0.39, 0.29) is 0 Å². The summed E-state index contributed by atoms with van der Waals surface area (Å²) < 4.78 is 27.6. The largest absolute Gasteiger partial charge is 0.333 e. The molecule has 1 aromatic carbocycles. The standard InChI is InChI=1S/C11H11F2N3/c12-9-1-8(2-10(13)3-9)5-16-6-11(4-14)15-7-16/h1-3,6-7H,4-5,14H2. The highest BCUT2D eigenvalue weighted by Crippen LogP contribution is 2.09. The predicted molar refractivity (Wildman–Crippen MR) is 55.6 cm³/mol. The molecule has 0 aliphatic rings. The molecule has 0 spiro atoms.